The standard InChI is InChI=1S/C15H16FNO3/c1-17-12(9-10-5-3-4-6-11(10)16)13-7-8-14(20-13)15(18)19-2/h3-8,12,17H,9H2,1-2H3. The summed E-state index contributed by atoms with van der Waals surface area (Å²) in [7, 11) is 3.05. The topological polar surface area (TPSA) is 51.5 Å². The number of nitrogens with one attached hydrogen (secondary N) is 1. The molecule has 106 valence electrons. The van der Waals surface area contributed by atoms with Crippen LogP contribution in [0.15, 0.2) is 40.8 Å². The number of likely N-dealkylation sites (N-methyl/N-ethyl adjacent to an activating group) is 1. The SMILES string of the molecule is CNC(Cc1ccccc1F)c1ccc(C(=O)OC)o1. The number of halogens is 1. The quantitative estimate of drug-likeness (QED) is 0.854. The van der Waals surface area contributed by atoms with E-state index in [4.69, 9.17) is 4.42 Å². The van der Waals surface area contributed by atoms with E-state index in [1.54, 1.807) is 37.4 Å². The van der Waals surface area contributed by atoms with Crippen LogP contribution < -0.4 is 5.32 Å². The average molecular weight is 277 g/mol. The Kier molecular flexibility index (Phi) is 4.53. The maximum Gasteiger partial charge on any atom is 0.373 e. The van der Waals surface area contributed by atoms with Gasteiger partial charge in [0.25, 0.3) is 0 Å². The van der Waals surface area contributed by atoms with Crippen LogP contribution in [-0.4, -0.2) is 20.1 Å². The van der Waals surface area contributed by atoms with Crippen LogP contribution in [0.1, 0.15) is 27.9 Å². The van der Waals surface area contributed by atoms with Crippen LogP contribution in [0.5, 0.6) is 0 Å². The molecule has 0 amide bonds. The minimum atomic E-state index is -0.531. The van der Waals surface area contributed by atoms with Gasteiger partial charge in [0, 0.05) is 0 Å². The Morgan fingerprint density at radius 1 is 1.35 bits per heavy atom. The summed E-state index contributed by atoms with van der Waals surface area (Å²) in [5.41, 5.74) is 0.586. The molecule has 1 aromatic carbocycles. The molecule has 0 bridgehead atoms. The van der Waals surface area contributed by atoms with Crippen molar-refractivity contribution >= 4 is 5.97 Å². The van der Waals surface area contributed by atoms with Gasteiger partial charge in [0.15, 0.2) is 0 Å². The van der Waals surface area contributed by atoms with Gasteiger partial charge in [-0.1, -0.05) is 18.2 Å². The molecule has 0 saturated carbocycles. The molecule has 0 aliphatic heterocycles. The summed E-state index contributed by atoms with van der Waals surface area (Å²) in [5, 5.41) is 3.05. The Labute approximate surface area is 116 Å². The lowest BCUT2D eigenvalue weighted by Gasteiger charge is -2.14. The lowest BCUT2D eigenvalue weighted by atomic mass is 10.0. The summed E-state index contributed by atoms with van der Waals surface area (Å²) >= 11 is 0. The van der Waals surface area contributed by atoms with Crippen LogP contribution in [0.4, 0.5) is 4.39 Å². The van der Waals surface area contributed by atoms with Crippen LogP contribution in [0.25, 0.3) is 0 Å². The van der Waals surface area contributed by atoms with E-state index in [-0.39, 0.29) is 17.6 Å². The molecular weight excluding hydrogens is 261 g/mol. The van der Waals surface area contributed by atoms with Crippen LogP contribution in [0.3, 0.4) is 0 Å². The molecule has 0 aliphatic carbocycles. The lowest BCUT2D eigenvalue weighted by molar-refractivity contribution is 0.0562. The summed E-state index contributed by atoms with van der Waals surface area (Å²) in [4.78, 5) is 11.4. The fourth-order valence-electron chi connectivity index (χ4n) is 1.98. The third-order valence-electron chi connectivity index (χ3n) is 3.09. The Morgan fingerprint density at radius 2 is 2.10 bits per heavy atom. The summed E-state index contributed by atoms with van der Waals surface area (Å²) in [5.74, 6) is -0.0862. The first-order chi connectivity index (χ1) is 9.65. The van der Waals surface area contributed by atoms with Crippen molar-refractivity contribution in [2.45, 2.75) is 12.5 Å². The van der Waals surface area contributed by atoms with Gasteiger partial charge in [-0.15, -0.1) is 0 Å². The fraction of sp³-hybridized carbons (Fsp3) is 0.267. The van der Waals surface area contributed by atoms with E-state index >= 15 is 0 Å². The van der Waals surface area contributed by atoms with Crippen molar-refractivity contribution in [2.75, 3.05) is 14.2 Å². The zero-order chi connectivity index (χ0) is 14.5. The molecule has 5 heteroatoms. The van der Waals surface area contributed by atoms with Crippen molar-refractivity contribution in [1.82, 2.24) is 5.32 Å². The Bertz CT molecular complexity index is 594. The number of rotatable bonds is 5. The number of methoxy groups -OCH3 is 1. The van der Waals surface area contributed by atoms with Gasteiger partial charge in [0.1, 0.15) is 11.6 Å². The lowest BCUT2D eigenvalue weighted by Crippen LogP contribution is -2.18. The summed E-state index contributed by atoms with van der Waals surface area (Å²) in [6, 6.07) is 9.60. The van der Waals surface area contributed by atoms with Crippen LogP contribution >= 0.6 is 0 Å². The second kappa shape index (κ2) is 6.34. The van der Waals surface area contributed by atoms with Gasteiger partial charge < -0.3 is 14.5 Å². The second-order valence-corrected chi connectivity index (χ2v) is 4.33. The summed E-state index contributed by atoms with van der Waals surface area (Å²) in [6.07, 6.45) is 0.428. The first-order valence-electron chi connectivity index (χ1n) is 6.24. The van der Waals surface area contributed by atoms with Gasteiger partial charge >= 0.3 is 5.97 Å². The molecule has 0 aliphatic rings. The van der Waals surface area contributed by atoms with Crippen molar-refractivity contribution in [3.63, 3.8) is 0 Å². The molecule has 1 aromatic heterocycles. The molecule has 0 radical (unpaired) electrons. The molecule has 1 atom stereocenters. The van der Waals surface area contributed by atoms with Crippen molar-refractivity contribution < 1.29 is 18.3 Å². The van der Waals surface area contributed by atoms with E-state index in [1.807, 2.05) is 0 Å². The van der Waals surface area contributed by atoms with Gasteiger partial charge in [-0.05, 0) is 37.2 Å². The number of carbonyl (C=O) groups excluding carboxylic acids is 1. The van der Waals surface area contributed by atoms with Gasteiger partial charge in [-0.25, -0.2) is 9.18 Å². The highest BCUT2D eigenvalue weighted by Crippen LogP contribution is 2.22. The van der Waals surface area contributed by atoms with Crippen molar-refractivity contribution in [2.24, 2.45) is 0 Å². The first-order valence-corrected chi connectivity index (χ1v) is 6.24. The Hall–Kier alpha value is -2.14. The van der Waals surface area contributed by atoms with Crippen molar-refractivity contribution in [3.05, 3.63) is 59.3 Å². The number of hydrogen-bond donors (Lipinski definition) is 1. The zero-order valence-electron chi connectivity index (χ0n) is 11.4. The van der Waals surface area contributed by atoms with Gasteiger partial charge in [0.2, 0.25) is 5.76 Å². The number of furan rings is 1. The number of ether oxygens (including phenoxy) is 1. The van der Waals surface area contributed by atoms with Gasteiger partial charge in [-0.3, -0.25) is 0 Å². The maximum atomic E-state index is 13.7. The highest BCUT2D eigenvalue weighted by Gasteiger charge is 2.18. The molecule has 0 saturated heterocycles. The van der Waals surface area contributed by atoms with Crippen molar-refractivity contribution in [1.29, 1.82) is 0 Å². The third-order valence-corrected chi connectivity index (χ3v) is 3.09. The normalized spacial score (nSPS) is 12.2. The molecule has 2 rings (SSSR count). The van der Waals surface area contributed by atoms with E-state index in [9.17, 15) is 9.18 Å². The number of esters is 1. The minimum Gasteiger partial charge on any atom is -0.463 e. The number of hydrogen-bond acceptors (Lipinski definition) is 4. The van der Waals surface area contributed by atoms with Crippen LogP contribution in [0.2, 0.25) is 0 Å². The number of carbonyl (C=O) groups is 1. The van der Waals surface area contributed by atoms with E-state index < -0.39 is 5.97 Å². The second-order valence-electron chi connectivity index (χ2n) is 4.33. The molecule has 20 heavy (non-hydrogen) atoms. The largest absolute Gasteiger partial charge is 0.463 e. The highest BCUT2D eigenvalue weighted by atomic mass is 19.1. The average Bonchev–Trinajstić information content (AvgIpc) is 2.95. The smallest absolute Gasteiger partial charge is 0.373 e. The summed E-state index contributed by atoms with van der Waals surface area (Å²) < 4.78 is 23.7. The summed E-state index contributed by atoms with van der Waals surface area (Å²) in [6.45, 7) is 0. The van der Waals surface area contributed by atoms with Crippen molar-refractivity contribution in [3.8, 4) is 0 Å². The zero-order valence-corrected chi connectivity index (χ0v) is 11.4. The first kappa shape index (κ1) is 14.3. The molecule has 2 aromatic rings. The molecular formula is C15H16FNO3. The third kappa shape index (κ3) is 3.05. The molecule has 1 heterocycles. The van der Waals surface area contributed by atoms with E-state index in [2.05, 4.69) is 10.1 Å². The van der Waals surface area contributed by atoms with E-state index in [0.29, 0.717) is 17.7 Å². The van der Waals surface area contributed by atoms with E-state index in [1.165, 1.54) is 13.2 Å². The van der Waals surface area contributed by atoms with Gasteiger partial charge in [-0.2, -0.15) is 0 Å². The monoisotopic (exact) mass is 277 g/mol. The maximum absolute atomic E-state index is 13.7. The number of benzene rings is 1. The molecule has 0 fully saturated rings. The fourth-order valence-corrected chi connectivity index (χ4v) is 1.98. The molecule has 4 nitrogen and oxygen atoms in total. The predicted molar refractivity (Wildman–Crippen MR) is 72.0 cm³/mol. The molecule has 1 N–H and O–H groups in total. The molecule has 0 spiro atoms. The van der Waals surface area contributed by atoms with E-state index in [0.717, 1.165) is 0 Å². The van der Waals surface area contributed by atoms with Crippen LogP contribution in [0, 0.1) is 5.82 Å². The Morgan fingerprint density at radius 3 is 2.75 bits per heavy atom. The Balaban J connectivity index is 2.18. The van der Waals surface area contributed by atoms with Crippen LogP contribution in [-0.2, 0) is 11.2 Å². The molecule has 1 unspecified atom stereocenters. The van der Waals surface area contributed by atoms with Gasteiger partial charge in [0.05, 0.1) is 13.2 Å². The predicted octanol–water partition coefficient (Wildman–Crippen LogP) is 2.71. The highest BCUT2D eigenvalue weighted by molar-refractivity contribution is 5.86. The minimum absolute atomic E-state index is 0.135.